The maximum absolute atomic E-state index is 12.8. The van der Waals surface area contributed by atoms with E-state index in [4.69, 9.17) is 9.15 Å². The molecule has 1 saturated carbocycles. The van der Waals surface area contributed by atoms with Gasteiger partial charge in [0.05, 0.1) is 7.11 Å². The minimum Gasteiger partial charge on any atom is -0.467 e. The quantitative estimate of drug-likeness (QED) is 0.786. The summed E-state index contributed by atoms with van der Waals surface area (Å²) >= 11 is 0. The summed E-state index contributed by atoms with van der Waals surface area (Å²) in [6.07, 6.45) is 5.04. The van der Waals surface area contributed by atoms with Crippen molar-refractivity contribution < 1.29 is 18.7 Å². The number of aryl methyl sites for hydroxylation is 1. The highest BCUT2D eigenvalue weighted by molar-refractivity contribution is 5.95. The van der Waals surface area contributed by atoms with Crippen LogP contribution in [0.25, 0.3) is 0 Å². The van der Waals surface area contributed by atoms with E-state index in [1.54, 1.807) is 17.0 Å². The van der Waals surface area contributed by atoms with Crippen LogP contribution in [0.15, 0.2) is 16.5 Å². The van der Waals surface area contributed by atoms with Crippen LogP contribution in [0.1, 0.15) is 48.4 Å². The van der Waals surface area contributed by atoms with Crippen LogP contribution in [0, 0.1) is 12.8 Å². The zero-order valence-electron chi connectivity index (χ0n) is 12.5. The number of esters is 1. The molecular formula is C16H21NO4. The van der Waals surface area contributed by atoms with Crippen LogP contribution in [0.2, 0.25) is 0 Å². The molecule has 114 valence electrons. The molecule has 3 atom stereocenters. The summed E-state index contributed by atoms with van der Waals surface area (Å²) in [7, 11) is 1.38. The average molecular weight is 291 g/mol. The predicted octanol–water partition coefficient (Wildman–Crippen LogP) is 2.53. The van der Waals surface area contributed by atoms with E-state index in [2.05, 4.69) is 0 Å². The summed E-state index contributed by atoms with van der Waals surface area (Å²) in [5.41, 5.74) is 0. The van der Waals surface area contributed by atoms with Crippen molar-refractivity contribution in [3.05, 3.63) is 23.7 Å². The highest BCUT2D eigenvalue weighted by Gasteiger charge is 2.48. The lowest BCUT2D eigenvalue weighted by Crippen LogP contribution is -2.46. The minimum atomic E-state index is -0.471. The number of methoxy groups -OCH3 is 1. The van der Waals surface area contributed by atoms with Gasteiger partial charge in [-0.2, -0.15) is 0 Å². The monoisotopic (exact) mass is 291 g/mol. The van der Waals surface area contributed by atoms with Gasteiger partial charge in [0.1, 0.15) is 11.8 Å². The van der Waals surface area contributed by atoms with Crippen molar-refractivity contribution in [1.82, 2.24) is 4.90 Å². The first-order valence-corrected chi connectivity index (χ1v) is 7.58. The smallest absolute Gasteiger partial charge is 0.328 e. The molecule has 0 radical (unpaired) electrons. The molecule has 0 bridgehead atoms. The fraction of sp³-hybridized carbons (Fsp3) is 0.625. The number of nitrogens with zero attached hydrogens (tertiary/aromatic N) is 1. The Hall–Kier alpha value is -1.78. The second-order valence-corrected chi connectivity index (χ2v) is 6.01. The molecule has 0 unspecified atom stereocenters. The topological polar surface area (TPSA) is 59.8 Å². The Balaban J connectivity index is 1.90. The Morgan fingerprint density at radius 1 is 1.29 bits per heavy atom. The molecule has 0 spiro atoms. The first-order chi connectivity index (χ1) is 10.1. The van der Waals surface area contributed by atoms with Crippen molar-refractivity contribution in [2.45, 2.75) is 51.1 Å². The second kappa shape index (κ2) is 5.54. The Bertz CT molecular complexity index is 550. The van der Waals surface area contributed by atoms with E-state index in [-0.39, 0.29) is 17.9 Å². The fourth-order valence-electron chi connectivity index (χ4n) is 3.78. The normalized spacial score (nSPS) is 28.3. The van der Waals surface area contributed by atoms with Gasteiger partial charge in [0.15, 0.2) is 5.76 Å². The summed E-state index contributed by atoms with van der Waals surface area (Å²) in [5.74, 6) is 0.914. The van der Waals surface area contributed by atoms with E-state index >= 15 is 0 Å². The fourth-order valence-corrected chi connectivity index (χ4v) is 3.78. The van der Waals surface area contributed by atoms with Gasteiger partial charge in [0.2, 0.25) is 0 Å². The number of carbonyl (C=O) groups is 2. The maximum atomic E-state index is 12.8. The van der Waals surface area contributed by atoms with Gasteiger partial charge in [-0.25, -0.2) is 4.79 Å². The Kier molecular flexibility index (Phi) is 3.74. The number of fused-ring (bicyclic) bond motifs is 1. The molecule has 1 aromatic rings. The van der Waals surface area contributed by atoms with Crippen LogP contribution in [0.3, 0.4) is 0 Å². The molecule has 0 N–H and O–H groups in total. The summed E-state index contributed by atoms with van der Waals surface area (Å²) < 4.78 is 10.4. The first-order valence-electron chi connectivity index (χ1n) is 7.58. The molecule has 21 heavy (non-hydrogen) atoms. The van der Waals surface area contributed by atoms with E-state index in [0.29, 0.717) is 23.9 Å². The molecule has 1 aliphatic carbocycles. The highest BCUT2D eigenvalue weighted by atomic mass is 16.5. The number of furan rings is 1. The lowest BCUT2D eigenvalue weighted by Gasteiger charge is -2.32. The molecule has 5 nitrogen and oxygen atoms in total. The van der Waals surface area contributed by atoms with Gasteiger partial charge in [-0.05, 0) is 44.2 Å². The number of carbonyl (C=O) groups excluding carboxylic acids is 2. The average Bonchev–Trinajstić information content (AvgIpc) is 3.09. The summed E-state index contributed by atoms with van der Waals surface area (Å²) in [4.78, 5) is 26.5. The van der Waals surface area contributed by atoms with Gasteiger partial charge in [-0.3, -0.25) is 4.79 Å². The van der Waals surface area contributed by atoms with E-state index in [9.17, 15) is 9.59 Å². The van der Waals surface area contributed by atoms with Crippen molar-refractivity contribution >= 4 is 11.9 Å². The largest absolute Gasteiger partial charge is 0.467 e. The predicted molar refractivity (Wildman–Crippen MR) is 75.8 cm³/mol. The third-order valence-electron chi connectivity index (χ3n) is 4.75. The van der Waals surface area contributed by atoms with Crippen molar-refractivity contribution in [2.24, 2.45) is 5.92 Å². The van der Waals surface area contributed by atoms with Crippen molar-refractivity contribution in [3.63, 3.8) is 0 Å². The highest BCUT2D eigenvalue weighted by Crippen LogP contribution is 2.40. The molecule has 1 saturated heterocycles. The van der Waals surface area contributed by atoms with Crippen LogP contribution in [0.5, 0.6) is 0 Å². The van der Waals surface area contributed by atoms with Gasteiger partial charge < -0.3 is 14.1 Å². The summed E-state index contributed by atoms with van der Waals surface area (Å²) in [5, 5.41) is 0. The molecule has 3 rings (SSSR count). The van der Waals surface area contributed by atoms with Gasteiger partial charge in [-0.1, -0.05) is 12.8 Å². The first kappa shape index (κ1) is 14.2. The van der Waals surface area contributed by atoms with Crippen molar-refractivity contribution in [3.8, 4) is 0 Å². The van der Waals surface area contributed by atoms with E-state index < -0.39 is 6.04 Å². The number of amides is 1. The van der Waals surface area contributed by atoms with Crippen molar-refractivity contribution in [1.29, 1.82) is 0 Å². The molecule has 1 aromatic heterocycles. The molecule has 5 heteroatoms. The molecule has 2 aliphatic rings. The Labute approximate surface area is 124 Å². The third kappa shape index (κ3) is 2.45. The van der Waals surface area contributed by atoms with Crippen LogP contribution >= 0.6 is 0 Å². The minimum absolute atomic E-state index is 0.140. The standard InChI is InChI=1S/C16H21NO4/c1-10-7-8-14(21-10)15(18)17-12-6-4-3-5-11(12)9-13(17)16(19)20-2/h7-8,11-13H,3-6,9H2,1-2H3/t11-,12-,13+/m1/s1. The van der Waals surface area contributed by atoms with E-state index in [0.717, 1.165) is 19.3 Å². The second-order valence-electron chi connectivity index (χ2n) is 6.01. The van der Waals surface area contributed by atoms with Gasteiger partial charge in [-0.15, -0.1) is 0 Å². The van der Waals surface area contributed by atoms with Crippen LogP contribution < -0.4 is 0 Å². The van der Waals surface area contributed by atoms with E-state index in [1.165, 1.54) is 13.5 Å². The van der Waals surface area contributed by atoms with E-state index in [1.807, 2.05) is 6.92 Å². The SMILES string of the molecule is COC(=O)[C@@H]1C[C@H]2CCCC[C@H]2N1C(=O)c1ccc(C)o1. The zero-order chi connectivity index (χ0) is 15.0. The lowest BCUT2D eigenvalue weighted by atomic mass is 9.84. The lowest BCUT2D eigenvalue weighted by molar-refractivity contribution is -0.145. The van der Waals surface area contributed by atoms with Gasteiger partial charge in [0.25, 0.3) is 5.91 Å². The van der Waals surface area contributed by atoms with Crippen LogP contribution in [-0.2, 0) is 9.53 Å². The van der Waals surface area contributed by atoms with Crippen LogP contribution in [-0.4, -0.2) is 36.0 Å². The van der Waals surface area contributed by atoms with Gasteiger partial charge >= 0.3 is 5.97 Å². The van der Waals surface area contributed by atoms with Crippen molar-refractivity contribution in [2.75, 3.05) is 7.11 Å². The maximum Gasteiger partial charge on any atom is 0.328 e. The van der Waals surface area contributed by atoms with Crippen LogP contribution in [0.4, 0.5) is 0 Å². The summed E-state index contributed by atoms with van der Waals surface area (Å²) in [6.45, 7) is 1.81. The summed E-state index contributed by atoms with van der Waals surface area (Å²) in [6, 6.07) is 3.12. The molecule has 1 aliphatic heterocycles. The van der Waals surface area contributed by atoms with Gasteiger partial charge in [0, 0.05) is 6.04 Å². The number of hydrogen-bond donors (Lipinski definition) is 0. The number of rotatable bonds is 2. The molecule has 2 fully saturated rings. The Morgan fingerprint density at radius 3 is 2.71 bits per heavy atom. The molecule has 2 heterocycles. The number of ether oxygens (including phenoxy) is 1. The Morgan fingerprint density at radius 2 is 2.05 bits per heavy atom. The molecule has 0 aromatic carbocycles. The number of likely N-dealkylation sites (tertiary alicyclic amines) is 1. The molecular weight excluding hydrogens is 270 g/mol. The third-order valence-corrected chi connectivity index (χ3v) is 4.75. The molecule has 1 amide bonds. The number of hydrogen-bond acceptors (Lipinski definition) is 4. The zero-order valence-corrected chi connectivity index (χ0v) is 12.5.